The van der Waals surface area contributed by atoms with Gasteiger partial charge in [0.25, 0.3) is 5.91 Å². The first-order valence-corrected chi connectivity index (χ1v) is 7.89. The fourth-order valence-electron chi connectivity index (χ4n) is 3.19. The van der Waals surface area contributed by atoms with E-state index in [0.29, 0.717) is 12.5 Å². The Hall–Kier alpha value is -1.87. The van der Waals surface area contributed by atoms with E-state index in [1.807, 2.05) is 11.9 Å². The Balaban J connectivity index is 1.64. The van der Waals surface area contributed by atoms with Gasteiger partial charge in [0.1, 0.15) is 6.17 Å². The highest BCUT2D eigenvalue weighted by atomic mass is 16.5. The van der Waals surface area contributed by atoms with Gasteiger partial charge in [-0.2, -0.15) is 0 Å². The number of hydrogen-bond acceptors (Lipinski definition) is 5. The molecule has 3 fully saturated rings. The average molecular weight is 324 g/mol. The summed E-state index contributed by atoms with van der Waals surface area (Å²) in [4.78, 5) is 35.8. The van der Waals surface area contributed by atoms with Gasteiger partial charge in [-0.25, -0.2) is 4.79 Å². The van der Waals surface area contributed by atoms with E-state index in [4.69, 9.17) is 4.74 Å². The van der Waals surface area contributed by atoms with Crippen molar-refractivity contribution in [3.8, 4) is 0 Å². The number of hydrogen-bond donors (Lipinski definition) is 1. The lowest BCUT2D eigenvalue weighted by Crippen LogP contribution is -2.64. The quantitative estimate of drug-likeness (QED) is 0.675. The highest BCUT2D eigenvalue weighted by molar-refractivity contribution is 6.03. The van der Waals surface area contributed by atoms with Crippen molar-refractivity contribution in [1.29, 1.82) is 0 Å². The third-order valence-corrected chi connectivity index (χ3v) is 4.70. The van der Waals surface area contributed by atoms with Crippen molar-refractivity contribution in [3.63, 3.8) is 0 Å². The Kier molecular flexibility index (Phi) is 4.40. The summed E-state index contributed by atoms with van der Waals surface area (Å²) in [5, 5.41) is 3.20. The molecule has 0 bridgehead atoms. The number of nitrogens with zero attached hydrogens (tertiary/aromatic N) is 5. The molecule has 3 aliphatic rings. The first-order valence-electron chi connectivity index (χ1n) is 7.89. The highest BCUT2D eigenvalue weighted by Crippen LogP contribution is 2.22. The molecular weight excluding hydrogens is 300 g/mol. The van der Waals surface area contributed by atoms with Crippen LogP contribution in [-0.2, 0) is 9.53 Å². The molecule has 0 aromatic carbocycles. The maximum Gasteiger partial charge on any atom is 0.327 e. The smallest absolute Gasteiger partial charge is 0.327 e. The number of imide groups is 1. The topological polar surface area (TPSA) is 80.7 Å². The molecular formula is C14H24N6O3. The number of likely N-dealkylation sites (N-methyl/N-ethyl adjacent to an activating group) is 3. The standard InChI is InChI=1S/C14H24N6O3/c1-17-10-11(18(2)14(22)19(3)12(10)21)16-13(17)15-4-5-20-6-8-23-9-7-20/h10-11H,4-9H2,1-3H3,(H,15,16)/t10-,11-/m1/s1. The zero-order valence-corrected chi connectivity index (χ0v) is 13.9. The van der Waals surface area contributed by atoms with Crippen molar-refractivity contribution in [1.82, 2.24) is 24.9 Å². The first-order chi connectivity index (χ1) is 11.0. The summed E-state index contributed by atoms with van der Waals surface area (Å²) >= 11 is 0. The van der Waals surface area contributed by atoms with Crippen LogP contribution in [0.5, 0.6) is 0 Å². The van der Waals surface area contributed by atoms with Gasteiger partial charge >= 0.3 is 6.03 Å². The normalized spacial score (nSPS) is 30.9. The Morgan fingerprint density at radius 1 is 1.17 bits per heavy atom. The van der Waals surface area contributed by atoms with E-state index in [0.717, 1.165) is 37.7 Å². The summed E-state index contributed by atoms with van der Waals surface area (Å²) in [6, 6.07) is -0.725. The molecule has 0 aromatic heterocycles. The van der Waals surface area contributed by atoms with Crippen molar-refractivity contribution < 1.29 is 14.3 Å². The van der Waals surface area contributed by atoms with Crippen LogP contribution in [0.25, 0.3) is 0 Å². The number of amides is 3. The second-order valence-corrected chi connectivity index (χ2v) is 6.09. The molecule has 0 aliphatic carbocycles. The Labute approximate surface area is 135 Å². The molecule has 9 heteroatoms. The molecule has 3 heterocycles. The van der Waals surface area contributed by atoms with Gasteiger partial charge in [-0.3, -0.25) is 19.6 Å². The Bertz CT molecular complexity index is 519. The van der Waals surface area contributed by atoms with Gasteiger partial charge in [-0.05, 0) is 0 Å². The monoisotopic (exact) mass is 324 g/mol. The molecule has 23 heavy (non-hydrogen) atoms. The number of nitrogens with one attached hydrogen (secondary N) is 1. The van der Waals surface area contributed by atoms with E-state index in [9.17, 15) is 9.59 Å². The minimum Gasteiger partial charge on any atom is -0.379 e. The molecule has 3 saturated heterocycles. The van der Waals surface area contributed by atoms with Crippen molar-refractivity contribution in [2.24, 2.45) is 4.99 Å². The molecule has 128 valence electrons. The molecule has 0 saturated carbocycles. The van der Waals surface area contributed by atoms with E-state index < -0.39 is 6.04 Å². The second kappa shape index (κ2) is 6.32. The van der Waals surface area contributed by atoms with Gasteiger partial charge in [0, 0.05) is 40.8 Å². The fraction of sp³-hybridized carbons (Fsp3) is 0.786. The lowest BCUT2D eigenvalue weighted by Gasteiger charge is -2.38. The summed E-state index contributed by atoms with van der Waals surface area (Å²) in [5.74, 6) is 0.461. The average Bonchev–Trinajstić information content (AvgIpc) is 2.89. The van der Waals surface area contributed by atoms with Crippen LogP contribution < -0.4 is 5.32 Å². The third kappa shape index (κ3) is 2.86. The molecule has 3 aliphatic heterocycles. The van der Waals surface area contributed by atoms with Crippen molar-refractivity contribution >= 4 is 17.9 Å². The fourth-order valence-corrected chi connectivity index (χ4v) is 3.19. The Morgan fingerprint density at radius 2 is 1.87 bits per heavy atom. The van der Waals surface area contributed by atoms with Crippen LogP contribution in [0.2, 0.25) is 0 Å². The number of carbonyl (C=O) groups excluding carboxylic acids is 2. The minimum absolute atomic E-state index is 0.202. The lowest BCUT2D eigenvalue weighted by molar-refractivity contribution is -0.135. The molecule has 0 aromatic rings. The third-order valence-electron chi connectivity index (χ3n) is 4.70. The van der Waals surface area contributed by atoms with Crippen LogP contribution >= 0.6 is 0 Å². The molecule has 9 nitrogen and oxygen atoms in total. The van der Waals surface area contributed by atoms with Gasteiger partial charge in [0.05, 0.1) is 19.8 Å². The van der Waals surface area contributed by atoms with Crippen LogP contribution in [0.1, 0.15) is 0 Å². The number of fused-ring (bicyclic) bond motifs is 1. The maximum atomic E-state index is 12.4. The number of urea groups is 1. The van der Waals surface area contributed by atoms with Crippen LogP contribution in [0.3, 0.4) is 0 Å². The van der Waals surface area contributed by atoms with Crippen molar-refractivity contribution in [2.45, 2.75) is 12.2 Å². The van der Waals surface area contributed by atoms with Crippen LogP contribution in [0.15, 0.2) is 4.99 Å². The zero-order valence-electron chi connectivity index (χ0n) is 13.9. The van der Waals surface area contributed by atoms with Crippen LogP contribution in [0.4, 0.5) is 4.79 Å². The molecule has 0 spiro atoms. The number of morpholine rings is 1. The largest absolute Gasteiger partial charge is 0.379 e. The number of aliphatic imine (C=N–C) groups is 1. The molecule has 2 atom stereocenters. The minimum atomic E-state index is -0.426. The van der Waals surface area contributed by atoms with Gasteiger partial charge < -0.3 is 19.9 Å². The number of carbonyl (C=O) groups is 2. The molecule has 0 radical (unpaired) electrons. The van der Waals surface area contributed by atoms with Crippen molar-refractivity contribution in [3.05, 3.63) is 0 Å². The summed E-state index contributed by atoms with van der Waals surface area (Å²) in [6.45, 7) is 4.91. The van der Waals surface area contributed by atoms with Gasteiger partial charge in [0.15, 0.2) is 12.0 Å². The van der Waals surface area contributed by atoms with Crippen molar-refractivity contribution in [2.75, 3.05) is 60.5 Å². The predicted octanol–water partition coefficient (Wildman–Crippen LogP) is -1.57. The van der Waals surface area contributed by atoms with Crippen LogP contribution in [-0.4, -0.2) is 110 Å². The zero-order chi connectivity index (χ0) is 16.6. The van der Waals surface area contributed by atoms with Gasteiger partial charge in [-0.1, -0.05) is 0 Å². The number of ether oxygens (including phenoxy) is 1. The van der Waals surface area contributed by atoms with E-state index in [-0.39, 0.29) is 18.1 Å². The second-order valence-electron chi connectivity index (χ2n) is 6.09. The lowest BCUT2D eigenvalue weighted by atomic mass is 10.1. The highest BCUT2D eigenvalue weighted by Gasteiger charge is 2.50. The molecule has 0 unspecified atom stereocenters. The van der Waals surface area contributed by atoms with E-state index in [1.165, 1.54) is 7.05 Å². The summed E-state index contributed by atoms with van der Waals surface area (Å²) in [7, 11) is 5.04. The van der Waals surface area contributed by atoms with E-state index in [1.54, 1.807) is 11.9 Å². The first kappa shape index (κ1) is 16.0. The molecule has 3 rings (SSSR count). The molecule has 3 amide bonds. The van der Waals surface area contributed by atoms with Gasteiger partial charge in [-0.15, -0.1) is 0 Å². The summed E-state index contributed by atoms with van der Waals surface area (Å²) < 4.78 is 5.33. The summed E-state index contributed by atoms with van der Waals surface area (Å²) in [6.07, 6.45) is -0.363. The van der Waals surface area contributed by atoms with E-state index >= 15 is 0 Å². The SMILES string of the molecule is CN1C(=O)[C@H]2[C@H](NC(=NCCN3CCOCC3)N2C)N(C)C1=O. The van der Waals surface area contributed by atoms with E-state index in [2.05, 4.69) is 15.2 Å². The number of guanidine groups is 1. The van der Waals surface area contributed by atoms with Crippen LogP contribution in [0, 0.1) is 0 Å². The molecule has 1 N–H and O–H groups in total. The predicted molar refractivity (Wildman–Crippen MR) is 84.0 cm³/mol. The summed E-state index contributed by atoms with van der Waals surface area (Å²) in [5.41, 5.74) is 0. The Morgan fingerprint density at radius 3 is 2.57 bits per heavy atom. The maximum absolute atomic E-state index is 12.4. The number of rotatable bonds is 3. The van der Waals surface area contributed by atoms with Gasteiger partial charge in [0.2, 0.25) is 0 Å².